The van der Waals surface area contributed by atoms with Gasteiger partial charge in [-0.05, 0) is 0 Å². The van der Waals surface area contributed by atoms with Crippen molar-refractivity contribution in [3.63, 3.8) is 0 Å². The summed E-state index contributed by atoms with van der Waals surface area (Å²) in [7, 11) is 0. The van der Waals surface area contributed by atoms with Gasteiger partial charge in [0.05, 0.1) is 0 Å². The van der Waals surface area contributed by atoms with E-state index < -0.39 is 0 Å². The average Bonchev–Trinajstić information content (AvgIpc) is 2.15. The van der Waals surface area contributed by atoms with Crippen molar-refractivity contribution < 1.29 is 38.6 Å². The van der Waals surface area contributed by atoms with Crippen molar-refractivity contribution in [2.24, 2.45) is 0 Å². The molecular formula is C16H16KTb. The molecule has 2 aliphatic carbocycles. The van der Waals surface area contributed by atoms with Gasteiger partial charge in [-0.2, -0.15) is 0 Å². The van der Waals surface area contributed by atoms with Crippen LogP contribution >= 0.6 is 0 Å². The Morgan fingerprint density at radius 1 is 0.222 bits per heavy atom. The first-order valence-corrected chi connectivity index (χ1v) is 5.33. The molecule has 0 N–H and O–H groups in total. The van der Waals surface area contributed by atoms with Gasteiger partial charge in [-0.25, -0.2) is 0 Å². The molecule has 0 amide bonds. The smallest absolute Gasteiger partial charge is 0 e. The molecule has 0 aromatic carbocycles. The van der Waals surface area contributed by atoms with E-state index in [9.17, 15) is 0 Å². The molecule has 2 rings (SSSR count). The molecule has 0 saturated heterocycles. The van der Waals surface area contributed by atoms with Gasteiger partial charge >= 0.3 is 0 Å². The Hall–Kier alpha value is 0.842. The van der Waals surface area contributed by atoms with Crippen LogP contribution < -0.4 is 0 Å². The van der Waals surface area contributed by atoms with Gasteiger partial charge in [0.2, 0.25) is 0 Å². The summed E-state index contributed by atoms with van der Waals surface area (Å²) in [6, 6.07) is 0. The standard InChI is InChI=1S/2C8H8.K.Tb/c2*1-2-4-6-8-7-5-3-1;;/h2*1-8H;;/b2*2-1-,3-1?,4-2?,5-3-,6-4-,7-5?,8-6?,8-7-;;. The summed E-state index contributed by atoms with van der Waals surface area (Å²) < 4.78 is 0. The monoisotopic (exact) mass is 406 g/mol. The SMILES string of the molecule is C1=C\C=C/C=C\C=C/1.C1=C\C=C/C=C\C=C/1.[K].[Tb]. The minimum Gasteiger partial charge on any atom is -0.0623 e. The maximum Gasteiger partial charge on any atom is 0 e. The zero-order chi connectivity index (χ0) is 11.3. The van der Waals surface area contributed by atoms with E-state index in [0.717, 1.165) is 0 Å². The van der Waals surface area contributed by atoms with Gasteiger partial charge in [-0.1, -0.05) is 97.2 Å². The van der Waals surface area contributed by atoms with Gasteiger partial charge in [0, 0.05) is 90.0 Å². The summed E-state index contributed by atoms with van der Waals surface area (Å²) in [5.41, 5.74) is 0. The molecule has 0 aliphatic heterocycles. The van der Waals surface area contributed by atoms with Crippen LogP contribution in [0.1, 0.15) is 0 Å². The summed E-state index contributed by atoms with van der Waals surface area (Å²) in [4.78, 5) is 0. The minimum atomic E-state index is 0. The van der Waals surface area contributed by atoms with Gasteiger partial charge < -0.3 is 0 Å². The zero-order valence-electron chi connectivity index (χ0n) is 10.6. The Bertz CT molecular complexity index is 253. The van der Waals surface area contributed by atoms with E-state index in [-0.39, 0.29) is 90.0 Å². The van der Waals surface area contributed by atoms with Gasteiger partial charge in [-0.15, -0.1) is 0 Å². The van der Waals surface area contributed by atoms with Crippen molar-refractivity contribution in [3.8, 4) is 0 Å². The van der Waals surface area contributed by atoms with Gasteiger partial charge in [0.1, 0.15) is 0 Å². The van der Waals surface area contributed by atoms with Crippen LogP contribution in [0.3, 0.4) is 0 Å². The second kappa shape index (κ2) is 17.8. The number of rotatable bonds is 0. The fraction of sp³-hybridized carbons (Fsp3) is 0. The van der Waals surface area contributed by atoms with Gasteiger partial charge in [0.25, 0.3) is 0 Å². The molecule has 18 heavy (non-hydrogen) atoms. The van der Waals surface area contributed by atoms with Crippen molar-refractivity contribution >= 4 is 51.4 Å². The Labute approximate surface area is 184 Å². The molecule has 0 aromatic heterocycles. The molecule has 0 atom stereocenters. The van der Waals surface area contributed by atoms with Crippen molar-refractivity contribution in [1.82, 2.24) is 0 Å². The topological polar surface area (TPSA) is 0 Å². The fourth-order valence-electron chi connectivity index (χ4n) is 1.03. The predicted octanol–water partition coefficient (Wildman–Crippen LogP) is 4.07. The third kappa shape index (κ3) is 14.9. The van der Waals surface area contributed by atoms with Crippen LogP contribution in [-0.4, -0.2) is 51.4 Å². The van der Waals surface area contributed by atoms with Crippen molar-refractivity contribution in [3.05, 3.63) is 97.2 Å². The molecule has 0 nitrogen and oxygen atoms in total. The largest absolute Gasteiger partial charge is 0.0623 e. The molecule has 0 bridgehead atoms. The third-order valence-corrected chi connectivity index (χ3v) is 1.78. The molecule has 0 spiro atoms. The Morgan fingerprint density at radius 3 is 0.333 bits per heavy atom. The summed E-state index contributed by atoms with van der Waals surface area (Å²) >= 11 is 0. The number of hydrogen-bond donors (Lipinski definition) is 0. The minimum absolute atomic E-state index is 0. The van der Waals surface area contributed by atoms with Crippen LogP contribution in [0.4, 0.5) is 0 Å². The summed E-state index contributed by atoms with van der Waals surface area (Å²) in [5.74, 6) is 0. The predicted molar refractivity (Wildman–Crippen MR) is 78.9 cm³/mol. The van der Waals surface area contributed by atoms with Crippen molar-refractivity contribution in [2.45, 2.75) is 0 Å². The Morgan fingerprint density at radius 2 is 0.278 bits per heavy atom. The van der Waals surface area contributed by atoms with Crippen molar-refractivity contribution in [2.75, 3.05) is 0 Å². The molecule has 0 heterocycles. The molecular weight excluding hydrogens is 390 g/mol. The number of allylic oxidation sites excluding steroid dienone is 16. The summed E-state index contributed by atoms with van der Waals surface area (Å²) in [6.07, 6.45) is 32.0. The maximum absolute atomic E-state index is 2.00. The fourth-order valence-corrected chi connectivity index (χ4v) is 1.03. The molecule has 0 saturated carbocycles. The molecule has 0 unspecified atom stereocenters. The first-order chi connectivity index (χ1) is 8.00. The normalized spacial score (nSPS) is 28.4. The van der Waals surface area contributed by atoms with Gasteiger partial charge in [0.15, 0.2) is 0 Å². The maximum atomic E-state index is 2.00. The molecule has 2 radical (unpaired) electrons. The van der Waals surface area contributed by atoms with Crippen molar-refractivity contribution in [1.29, 1.82) is 0 Å². The van der Waals surface area contributed by atoms with E-state index in [1.807, 2.05) is 97.2 Å². The molecule has 0 fully saturated rings. The first kappa shape index (κ1) is 21.1. The van der Waals surface area contributed by atoms with Crippen LogP contribution in [0.25, 0.3) is 0 Å². The Kier molecular flexibility index (Phi) is 21.0. The van der Waals surface area contributed by atoms with E-state index in [4.69, 9.17) is 0 Å². The Balaban J connectivity index is 0. The van der Waals surface area contributed by atoms with E-state index in [1.54, 1.807) is 0 Å². The van der Waals surface area contributed by atoms with E-state index in [2.05, 4.69) is 0 Å². The van der Waals surface area contributed by atoms with E-state index in [1.165, 1.54) is 0 Å². The number of hydrogen-bond acceptors (Lipinski definition) is 0. The molecule has 2 aliphatic rings. The van der Waals surface area contributed by atoms with Gasteiger partial charge in [-0.3, -0.25) is 0 Å². The van der Waals surface area contributed by atoms with E-state index >= 15 is 0 Å². The summed E-state index contributed by atoms with van der Waals surface area (Å²) in [6.45, 7) is 0. The summed E-state index contributed by atoms with van der Waals surface area (Å²) in [5, 5.41) is 0. The van der Waals surface area contributed by atoms with Crippen LogP contribution in [0, 0.1) is 38.6 Å². The quantitative estimate of drug-likeness (QED) is 0.532. The second-order valence-electron chi connectivity index (χ2n) is 3.08. The zero-order valence-corrected chi connectivity index (χ0v) is 15.8. The van der Waals surface area contributed by atoms with Crippen LogP contribution in [0.2, 0.25) is 0 Å². The van der Waals surface area contributed by atoms with Crippen LogP contribution in [0.15, 0.2) is 97.2 Å². The molecule has 2 heteroatoms. The average molecular weight is 406 g/mol. The van der Waals surface area contributed by atoms with Crippen LogP contribution in [-0.2, 0) is 0 Å². The van der Waals surface area contributed by atoms with Crippen LogP contribution in [0.5, 0.6) is 0 Å². The first-order valence-electron chi connectivity index (χ1n) is 5.33. The second-order valence-corrected chi connectivity index (χ2v) is 3.08. The third-order valence-electron chi connectivity index (χ3n) is 1.78. The molecule has 90 valence electrons. The van der Waals surface area contributed by atoms with E-state index in [0.29, 0.717) is 0 Å². The molecule has 0 aromatic rings.